The molecule has 1 amide bonds. The third-order valence-corrected chi connectivity index (χ3v) is 7.75. The smallest absolute Gasteiger partial charge is 0.260 e. The van der Waals surface area contributed by atoms with Gasteiger partial charge in [0.2, 0.25) is 0 Å². The summed E-state index contributed by atoms with van der Waals surface area (Å²) in [5.41, 5.74) is 5.80. The van der Waals surface area contributed by atoms with Crippen molar-refractivity contribution in [2.45, 2.75) is 37.4 Å². The normalized spacial score (nSPS) is 19.0. The largest absolute Gasteiger partial charge is 0.405 e. The van der Waals surface area contributed by atoms with Gasteiger partial charge in [0.1, 0.15) is 5.69 Å². The van der Waals surface area contributed by atoms with E-state index < -0.39 is 23.2 Å². The number of pyridine rings is 1. The molecule has 1 aromatic carbocycles. The number of aromatic nitrogens is 3. The third-order valence-electron chi connectivity index (χ3n) is 7.75. The van der Waals surface area contributed by atoms with E-state index in [9.17, 15) is 13.6 Å². The molecular weight excluding hydrogens is 519 g/mol. The van der Waals surface area contributed by atoms with Crippen LogP contribution < -0.4 is 5.73 Å². The summed E-state index contributed by atoms with van der Waals surface area (Å²) in [6, 6.07) is 7.49. The minimum absolute atomic E-state index is 0.105. The molecule has 5 rings (SSSR count). The number of hydrogen-bond acceptors (Lipinski definition) is 6. The molecule has 0 radical (unpaired) electrons. The molecule has 0 atom stereocenters. The number of benzene rings is 1. The summed E-state index contributed by atoms with van der Waals surface area (Å²) in [6.07, 6.45) is 7.66. The first-order chi connectivity index (χ1) is 19.3. The summed E-state index contributed by atoms with van der Waals surface area (Å²) in [7, 11) is 0. The van der Waals surface area contributed by atoms with Crippen LogP contribution in [0.4, 0.5) is 13.2 Å². The fourth-order valence-electron chi connectivity index (χ4n) is 5.66. The van der Waals surface area contributed by atoms with Crippen LogP contribution in [-0.4, -0.2) is 75.4 Å². The van der Waals surface area contributed by atoms with Crippen molar-refractivity contribution in [3.8, 4) is 11.5 Å². The van der Waals surface area contributed by atoms with Crippen LogP contribution in [0.5, 0.6) is 0 Å². The number of rotatable bonds is 7. The van der Waals surface area contributed by atoms with Gasteiger partial charge in [-0.15, -0.1) is 0 Å². The van der Waals surface area contributed by atoms with Crippen LogP contribution in [0.1, 0.15) is 31.7 Å². The standard InChI is InChI=1S/C29H32F3N7O/c1-34-18-20(5-10-33)19-37-14-8-29(32,9-15-37)28(40)38-12-6-21(7-13-38)39-26-17-23(31)22(30)16-25(26)36-27(39)24-4-2-3-11-35-24/h2-5,10-11,16-18,21H,1,6-9,12-15,19,33H2/b10-5-,20-18+. The molecule has 8 nitrogen and oxygen atoms in total. The number of piperidine rings is 2. The number of halogens is 3. The fraction of sp³-hybridized carbons (Fsp3) is 0.379. The van der Waals surface area contributed by atoms with Crippen LogP contribution in [0, 0.1) is 11.6 Å². The summed E-state index contributed by atoms with van der Waals surface area (Å²) in [5.74, 6) is -1.90. The maximum Gasteiger partial charge on any atom is 0.260 e. The van der Waals surface area contributed by atoms with Gasteiger partial charge in [0.05, 0.1) is 11.0 Å². The van der Waals surface area contributed by atoms with Gasteiger partial charge in [-0.05, 0) is 49.5 Å². The van der Waals surface area contributed by atoms with Crippen molar-refractivity contribution in [2.24, 2.45) is 10.7 Å². The monoisotopic (exact) mass is 551 g/mol. The van der Waals surface area contributed by atoms with Crippen molar-refractivity contribution in [1.82, 2.24) is 24.3 Å². The Morgan fingerprint density at radius 2 is 1.88 bits per heavy atom. The highest BCUT2D eigenvalue weighted by Gasteiger charge is 2.45. The zero-order valence-corrected chi connectivity index (χ0v) is 22.1. The Bertz CT molecular complexity index is 1440. The Morgan fingerprint density at radius 1 is 1.15 bits per heavy atom. The van der Waals surface area contributed by atoms with Crippen molar-refractivity contribution in [3.05, 3.63) is 72.2 Å². The topological polar surface area (TPSA) is 92.6 Å². The van der Waals surface area contributed by atoms with Crippen molar-refractivity contribution in [2.75, 3.05) is 32.7 Å². The molecule has 0 spiro atoms. The number of fused-ring (bicyclic) bond motifs is 1. The van der Waals surface area contributed by atoms with E-state index >= 15 is 4.39 Å². The molecule has 0 unspecified atom stereocenters. The molecule has 3 aromatic rings. The number of aliphatic imine (C=N–C) groups is 1. The van der Waals surface area contributed by atoms with E-state index in [1.807, 2.05) is 10.6 Å². The fourth-order valence-corrected chi connectivity index (χ4v) is 5.66. The second-order valence-electron chi connectivity index (χ2n) is 10.3. The number of likely N-dealkylation sites (tertiary alicyclic amines) is 2. The summed E-state index contributed by atoms with van der Waals surface area (Å²) in [6.45, 7) is 5.58. The molecule has 2 aliphatic rings. The Balaban J connectivity index is 1.28. The van der Waals surface area contributed by atoms with Crippen molar-refractivity contribution in [3.63, 3.8) is 0 Å². The van der Waals surface area contributed by atoms with Gasteiger partial charge in [-0.25, -0.2) is 18.2 Å². The number of alkyl halides is 1. The number of imidazole rings is 1. The highest BCUT2D eigenvalue weighted by Crippen LogP contribution is 2.36. The van der Waals surface area contributed by atoms with Crippen LogP contribution in [0.15, 0.2) is 65.6 Å². The van der Waals surface area contributed by atoms with E-state index in [1.165, 1.54) is 6.20 Å². The predicted octanol–water partition coefficient (Wildman–Crippen LogP) is 4.40. The predicted molar refractivity (Wildman–Crippen MR) is 148 cm³/mol. The molecule has 2 saturated heterocycles. The molecule has 11 heteroatoms. The molecule has 0 bridgehead atoms. The van der Waals surface area contributed by atoms with Gasteiger partial charge in [-0.3, -0.25) is 19.7 Å². The molecule has 4 heterocycles. The van der Waals surface area contributed by atoms with E-state index in [2.05, 4.69) is 26.6 Å². The summed E-state index contributed by atoms with van der Waals surface area (Å²) in [4.78, 5) is 29.7. The molecule has 2 N–H and O–H groups in total. The molecule has 0 aliphatic carbocycles. The second kappa shape index (κ2) is 11.6. The van der Waals surface area contributed by atoms with Crippen molar-refractivity contribution < 1.29 is 18.0 Å². The zero-order chi connectivity index (χ0) is 28.3. The SMILES string of the molecule is C=N/C=C(\C=C/N)CN1CCC(F)(C(=O)N2CCC(n3c(-c4ccccn4)nc4cc(F)c(F)cc43)CC2)CC1. The first kappa shape index (κ1) is 27.6. The number of nitrogens with two attached hydrogens (primary N) is 1. The van der Waals surface area contributed by atoms with Gasteiger partial charge in [0, 0.05) is 76.1 Å². The van der Waals surface area contributed by atoms with Gasteiger partial charge in [0.15, 0.2) is 23.1 Å². The second-order valence-corrected chi connectivity index (χ2v) is 10.3. The summed E-state index contributed by atoms with van der Waals surface area (Å²) in [5, 5.41) is 0. The number of hydrogen-bond donors (Lipinski definition) is 1. The van der Waals surface area contributed by atoms with Crippen molar-refractivity contribution >= 4 is 23.7 Å². The lowest BCUT2D eigenvalue weighted by atomic mass is 9.90. The van der Waals surface area contributed by atoms with Gasteiger partial charge in [0.25, 0.3) is 5.91 Å². The van der Waals surface area contributed by atoms with E-state index in [0.717, 1.165) is 17.7 Å². The van der Waals surface area contributed by atoms with Gasteiger partial charge >= 0.3 is 0 Å². The van der Waals surface area contributed by atoms with Crippen molar-refractivity contribution in [1.29, 1.82) is 0 Å². The molecule has 40 heavy (non-hydrogen) atoms. The summed E-state index contributed by atoms with van der Waals surface area (Å²) < 4.78 is 46.0. The highest BCUT2D eigenvalue weighted by molar-refractivity contribution is 5.85. The quantitative estimate of drug-likeness (QED) is 0.347. The maximum absolute atomic E-state index is 15.9. The van der Waals surface area contributed by atoms with Crippen LogP contribution in [0.3, 0.4) is 0 Å². The molecular formula is C29H32F3N7O. The van der Waals surface area contributed by atoms with Crippen LogP contribution >= 0.6 is 0 Å². The van der Waals surface area contributed by atoms with Gasteiger partial charge < -0.3 is 15.2 Å². The van der Waals surface area contributed by atoms with E-state index in [4.69, 9.17) is 5.73 Å². The minimum Gasteiger partial charge on any atom is -0.405 e. The Labute approximate surface area is 230 Å². The Morgan fingerprint density at radius 3 is 2.52 bits per heavy atom. The Kier molecular flexibility index (Phi) is 8.02. The van der Waals surface area contributed by atoms with Crippen LogP contribution in [0.25, 0.3) is 22.6 Å². The first-order valence-electron chi connectivity index (χ1n) is 13.3. The minimum atomic E-state index is -1.92. The summed E-state index contributed by atoms with van der Waals surface area (Å²) >= 11 is 0. The lowest BCUT2D eigenvalue weighted by molar-refractivity contribution is -0.148. The van der Waals surface area contributed by atoms with E-state index in [1.54, 1.807) is 35.5 Å². The number of amides is 1. The van der Waals surface area contributed by atoms with E-state index in [-0.39, 0.29) is 18.9 Å². The maximum atomic E-state index is 15.9. The lowest BCUT2D eigenvalue weighted by Crippen LogP contribution is -2.54. The first-order valence-corrected chi connectivity index (χ1v) is 13.3. The van der Waals surface area contributed by atoms with Gasteiger partial charge in [-0.2, -0.15) is 0 Å². The Hall–Kier alpha value is -3.99. The van der Waals surface area contributed by atoms with E-state index in [0.29, 0.717) is 68.1 Å². The highest BCUT2D eigenvalue weighted by atomic mass is 19.2. The average molecular weight is 552 g/mol. The number of carbonyl (C=O) groups is 1. The molecule has 0 saturated carbocycles. The zero-order valence-electron chi connectivity index (χ0n) is 22.1. The molecule has 2 aromatic heterocycles. The van der Waals surface area contributed by atoms with Crippen LogP contribution in [0.2, 0.25) is 0 Å². The lowest BCUT2D eigenvalue weighted by Gasteiger charge is -2.40. The van der Waals surface area contributed by atoms with Crippen LogP contribution in [-0.2, 0) is 4.79 Å². The number of nitrogens with zero attached hydrogens (tertiary/aromatic N) is 6. The van der Waals surface area contributed by atoms with Gasteiger partial charge in [-0.1, -0.05) is 6.07 Å². The number of carbonyl (C=O) groups excluding carboxylic acids is 1. The third kappa shape index (κ3) is 5.51. The molecule has 210 valence electrons. The average Bonchev–Trinajstić information content (AvgIpc) is 3.33. The molecule has 2 fully saturated rings. The molecule has 2 aliphatic heterocycles.